The largest absolute Gasteiger partial charge is 0.391 e. The molecular weight excluding hydrogens is 280 g/mol. The Balaban J connectivity index is 1.88. The summed E-state index contributed by atoms with van der Waals surface area (Å²) in [6, 6.07) is 5.48. The number of likely N-dealkylation sites (tertiary alicyclic amines) is 1. The maximum absolute atomic E-state index is 12.1. The zero-order valence-corrected chi connectivity index (χ0v) is 13.4. The molecule has 120 valence electrons. The van der Waals surface area contributed by atoms with Crippen LogP contribution >= 0.6 is 0 Å². The Hall–Kier alpha value is -1.88. The standard InChI is InChI=1S/C17H24N2O3/c1-11-4-5-14(8-13(11)3)17(22)18-9-16(21)19-7-6-12(2)15(20)10-19/h4-5,8,12,15,20H,6-7,9-10H2,1-3H3,(H,18,22). The van der Waals surface area contributed by atoms with E-state index in [0.29, 0.717) is 18.7 Å². The van der Waals surface area contributed by atoms with Crippen LogP contribution in [0.5, 0.6) is 0 Å². The van der Waals surface area contributed by atoms with Crippen LogP contribution in [-0.4, -0.2) is 47.6 Å². The van der Waals surface area contributed by atoms with E-state index in [1.807, 2.05) is 32.9 Å². The first kappa shape index (κ1) is 16.5. The van der Waals surface area contributed by atoms with E-state index in [1.165, 1.54) is 0 Å². The van der Waals surface area contributed by atoms with Crippen LogP contribution in [-0.2, 0) is 4.79 Å². The van der Waals surface area contributed by atoms with Crippen LogP contribution in [0.25, 0.3) is 0 Å². The number of nitrogens with one attached hydrogen (secondary N) is 1. The van der Waals surface area contributed by atoms with Gasteiger partial charge in [0, 0.05) is 18.7 Å². The highest BCUT2D eigenvalue weighted by Gasteiger charge is 2.27. The number of amides is 2. The molecule has 2 amide bonds. The average Bonchev–Trinajstić information content (AvgIpc) is 2.50. The van der Waals surface area contributed by atoms with E-state index < -0.39 is 6.10 Å². The molecule has 0 aromatic heterocycles. The molecule has 0 bridgehead atoms. The molecule has 1 saturated heterocycles. The summed E-state index contributed by atoms with van der Waals surface area (Å²) in [5, 5.41) is 12.5. The Labute approximate surface area is 131 Å². The van der Waals surface area contributed by atoms with Crippen LogP contribution < -0.4 is 5.32 Å². The number of carbonyl (C=O) groups is 2. The highest BCUT2D eigenvalue weighted by atomic mass is 16.3. The minimum atomic E-state index is -0.479. The number of hydrogen-bond acceptors (Lipinski definition) is 3. The predicted octanol–water partition coefficient (Wildman–Crippen LogP) is 1.26. The first-order valence-corrected chi connectivity index (χ1v) is 7.69. The number of piperidine rings is 1. The van der Waals surface area contributed by atoms with Gasteiger partial charge in [-0.3, -0.25) is 9.59 Å². The van der Waals surface area contributed by atoms with E-state index in [9.17, 15) is 14.7 Å². The van der Waals surface area contributed by atoms with Gasteiger partial charge in [0.1, 0.15) is 0 Å². The van der Waals surface area contributed by atoms with E-state index in [1.54, 1.807) is 11.0 Å². The molecule has 0 radical (unpaired) electrons. The second-order valence-electron chi connectivity index (χ2n) is 6.15. The van der Waals surface area contributed by atoms with Crippen molar-refractivity contribution in [3.8, 4) is 0 Å². The fraction of sp³-hybridized carbons (Fsp3) is 0.529. The molecule has 0 aliphatic carbocycles. The number of carbonyl (C=O) groups excluding carboxylic acids is 2. The monoisotopic (exact) mass is 304 g/mol. The number of aryl methyl sites for hydroxylation is 2. The summed E-state index contributed by atoms with van der Waals surface area (Å²) in [7, 11) is 0. The van der Waals surface area contributed by atoms with Crippen molar-refractivity contribution < 1.29 is 14.7 Å². The van der Waals surface area contributed by atoms with E-state index in [2.05, 4.69) is 5.32 Å². The van der Waals surface area contributed by atoms with Gasteiger partial charge in [-0.15, -0.1) is 0 Å². The predicted molar refractivity (Wildman–Crippen MR) is 84.6 cm³/mol. The topological polar surface area (TPSA) is 69.6 Å². The maximum atomic E-state index is 12.1. The Morgan fingerprint density at radius 1 is 1.32 bits per heavy atom. The zero-order valence-electron chi connectivity index (χ0n) is 13.4. The lowest BCUT2D eigenvalue weighted by Crippen LogP contribution is -2.49. The number of aliphatic hydroxyl groups is 1. The highest BCUT2D eigenvalue weighted by Crippen LogP contribution is 2.16. The third-order valence-electron chi connectivity index (χ3n) is 4.44. The first-order valence-electron chi connectivity index (χ1n) is 7.69. The molecule has 1 heterocycles. The molecule has 0 saturated carbocycles. The van der Waals surface area contributed by atoms with Crippen molar-refractivity contribution in [2.24, 2.45) is 5.92 Å². The van der Waals surface area contributed by atoms with E-state index >= 15 is 0 Å². The SMILES string of the molecule is Cc1ccc(C(=O)NCC(=O)N2CCC(C)C(O)C2)cc1C. The lowest BCUT2D eigenvalue weighted by molar-refractivity contribution is -0.134. The van der Waals surface area contributed by atoms with Crippen LogP contribution in [0.1, 0.15) is 34.8 Å². The van der Waals surface area contributed by atoms with Crippen LogP contribution in [0.2, 0.25) is 0 Å². The summed E-state index contributed by atoms with van der Waals surface area (Å²) in [6.07, 6.45) is 0.311. The lowest BCUT2D eigenvalue weighted by atomic mass is 9.96. The highest BCUT2D eigenvalue weighted by molar-refractivity contribution is 5.96. The van der Waals surface area contributed by atoms with Crippen molar-refractivity contribution >= 4 is 11.8 Å². The van der Waals surface area contributed by atoms with E-state index in [4.69, 9.17) is 0 Å². The summed E-state index contributed by atoms with van der Waals surface area (Å²) in [6.45, 7) is 6.87. The summed E-state index contributed by atoms with van der Waals surface area (Å²) >= 11 is 0. The fourth-order valence-corrected chi connectivity index (χ4v) is 2.53. The molecule has 0 spiro atoms. The van der Waals surface area contributed by atoms with E-state index in [0.717, 1.165) is 17.5 Å². The van der Waals surface area contributed by atoms with Gasteiger partial charge in [0.2, 0.25) is 5.91 Å². The minimum Gasteiger partial charge on any atom is -0.391 e. The molecule has 1 fully saturated rings. The zero-order chi connectivity index (χ0) is 16.3. The molecule has 22 heavy (non-hydrogen) atoms. The van der Waals surface area contributed by atoms with Crippen LogP contribution in [0.4, 0.5) is 0 Å². The van der Waals surface area contributed by atoms with Gasteiger partial charge in [0.15, 0.2) is 0 Å². The molecule has 1 aromatic carbocycles. The van der Waals surface area contributed by atoms with Gasteiger partial charge >= 0.3 is 0 Å². The van der Waals surface area contributed by atoms with Crippen molar-refractivity contribution in [1.29, 1.82) is 0 Å². The van der Waals surface area contributed by atoms with Gasteiger partial charge < -0.3 is 15.3 Å². The van der Waals surface area contributed by atoms with Crippen molar-refractivity contribution in [3.05, 3.63) is 34.9 Å². The second kappa shape index (κ2) is 6.92. The Kier molecular flexibility index (Phi) is 5.19. The maximum Gasteiger partial charge on any atom is 0.251 e. The molecule has 5 heteroatoms. The van der Waals surface area contributed by atoms with Gasteiger partial charge in [0.05, 0.1) is 12.6 Å². The number of rotatable bonds is 3. The number of aliphatic hydroxyl groups excluding tert-OH is 1. The number of benzene rings is 1. The first-order chi connectivity index (χ1) is 10.4. The molecule has 1 aromatic rings. The van der Waals surface area contributed by atoms with E-state index in [-0.39, 0.29) is 24.3 Å². The van der Waals surface area contributed by atoms with Crippen LogP contribution in [0, 0.1) is 19.8 Å². The van der Waals surface area contributed by atoms with Gasteiger partial charge in [-0.05, 0) is 49.4 Å². The Morgan fingerprint density at radius 2 is 2.05 bits per heavy atom. The molecule has 5 nitrogen and oxygen atoms in total. The number of nitrogens with zero attached hydrogens (tertiary/aromatic N) is 1. The molecule has 2 rings (SSSR count). The smallest absolute Gasteiger partial charge is 0.251 e. The van der Waals surface area contributed by atoms with Crippen molar-refractivity contribution in [3.63, 3.8) is 0 Å². The third kappa shape index (κ3) is 3.85. The van der Waals surface area contributed by atoms with Gasteiger partial charge in [-0.1, -0.05) is 13.0 Å². The molecular formula is C17H24N2O3. The molecule has 2 N–H and O–H groups in total. The van der Waals surface area contributed by atoms with Gasteiger partial charge in [-0.25, -0.2) is 0 Å². The van der Waals surface area contributed by atoms with Crippen molar-refractivity contribution in [2.45, 2.75) is 33.3 Å². The second-order valence-corrected chi connectivity index (χ2v) is 6.15. The normalized spacial score (nSPS) is 21.5. The Morgan fingerprint density at radius 3 is 2.68 bits per heavy atom. The molecule has 2 unspecified atom stereocenters. The Bertz CT molecular complexity index is 571. The number of β-amino-alcohol motifs (C(OH)–C–C–N with tert-alkyl or cyclic N) is 1. The minimum absolute atomic E-state index is 0.0349. The molecule has 2 atom stereocenters. The van der Waals surface area contributed by atoms with Crippen LogP contribution in [0.15, 0.2) is 18.2 Å². The summed E-state index contributed by atoms with van der Waals surface area (Å²) in [5.74, 6) is -0.181. The van der Waals surface area contributed by atoms with Crippen LogP contribution in [0.3, 0.4) is 0 Å². The lowest BCUT2D eigenvalue weighted by Gasteiger charge is -2.34. The van der Waals surface area contributed by atoms with Crippen molar-refractivity contribution in [1.82, 2.24) is 10.2 Å². The molecule has 1 aliphatic heterocycles. The summed E-state index contributed by atoms with van der Waals surface area (Å²) < 4.78 is 0. The fourth-order valence-electron chi connectivity index (χ4n) is 2.53. The number of hydrogen-bond donors (Lipinski definition) is 2. The van der Waals surface area contributed by atoms with Gasteiger partial charge in [0.25, 0.3) is 5.91 Å². The average molecular weight is 304 g/mol. The van der Waals surface area contributed by atoms with Crippen molar-refractivity contribution in [2.75, 3.05) is 19.6 Å². The third-order valence-corrected chi connectivity index (χ3v) is 4.44. The summed E-state index contributed by atoms with van der Waals surface area (Å²) in [5.41, 5.74) is 2.74. The van der Waals surface area contributed by atoms with Gasteiger partial charge in [-0.2, -0.15) is 0 Å². The summed E-state index contributed by atoms with van der Waals surface area (Å²) in [4.78, 5) is 25.8. The quantitative estimate of drug-likeness (QED) is 0.883. The molecule has 1 aliphatic rings.